The standard InChI is InChI=1S/C14H7ClFIN2O/c15-10-6-9(2-3-12(10)17)14(20)19-13-4-1-8(7-18)5-11(13)16/h1-6H,(H,19,20). The molecule has 2 aromatic carbocycles. The first-order valence-electron chi connectivity index (χ1n) is 5.47. The van der Waals surface area contributed by atoms with Crippen LogP contribution in [0.25, 0.3) is 0 Å². The van der Waals surface area contributed by atoms with E-state index >= 15 is 0 Å². The normalized spacial score (nSPS) is 9.90. The van der Waals surface area contributed by atoms with Crippen LogP contribution >= 0.6 is 34.2 Å². The van der Waals surface area contributed by atoms with Gasteiger partial charge < -0.3 is 5.32 Å². The third-order valence-corrected chi connectivity index (χ3v) is 4.10. The molecule has 0 unspecified atom stereocenters. The number of benzene rings is 2. The van der Waals surface area contributed by atoms with Gasteiger partial charge in [0.25, 0.3) is 5.91 Å². The maximum absolute atomic E-state index is 13.7. The summed E-state index contributed by atoms with van der Waals surface area (Å²) in [6, 6.07) is 10.5. The molecule has 20 heavy (non-hydrogen) atoms. The quantitative estimate of drug-likeness (QED) is 0.768. The molecule has 1 amide bonds. The van der Waals surface area contributed by atoms with Crippen molar-refractivity contribution in [1.29, 1.82) is 5.26 Å². The molecule has 0 saturated heterocycles. The number of anilines is 1. The van der Waals surface area contributed by atoms with Gasteiger partial charge in [-0.05, 0) is 59.0 Å². The minimum absolute atomic E-state index is 0.0173. The summed E-state index contributed by atoms with van der Waals surface area (Å²) >= 11 is 7.98. The van der Waals surface area contributed by atoms with Gasteiger partial charge in [-0.2, -0.15) is 5.26 Å². The molecular weight excluding hydrogens is 394 g/mol. The van der Waals surface area contributed by atoms with Gasteiger partial charge in [0.05, 0.1) is 22.3 Å². The van der Waals surface area contributed by atoms with Crippen LogP contribution in [0.2, 0.25) is 5.02 Å². The molecule has 0 saturated carbocycles. The fourth-order valence-corrected chi connectivity index (χ4v) is 2.03. The summed E-state index contributed by atoms with van der Waals surface area (Å²) in [5.41, 5.74) is 0.542. The van der Waals surface area contributed by atoms with Crippen molar-refractivity contribution in [2.75, 3.05) is 5.32 Å². The Bertz CT molecular complexity index is 728. The number of amides is 1. The van der Waals surface area contributed by atoms with E-state index in [1.807, 2.05) is 28.7 Å². The highest BCUT2D eigenvalue weighted by Gasteiger charge is 2.11. The van der Waals surface area contributed by atoms with Crippen LogP contribution in [0.5, 0.6) is 0 Å². The van der Waals surface area contributed by atoms with E-state index in [2.05, 4.69) is 5.32 Å². The Balaban J connectivity index is 2.23. The third kappa shape index (κ3) is 3.26. The summed E-state index contributed by atoms with van der Waals surface area (Å²) in [6.07, 6.45) is 0. The molecule has 0 heterocycles. The average molecular weight is 401 g/mol. The first kappa shape index (κ1) is 14.8. The molecule has 6 heteroatoms. The van der Waals surface area contributed by atoms with Crippen LogP contribution in [-0.4, -0.2) is 5.91 Å². The Kier molecular flexibility index (Phi) is 4.57. The summed E-state index contributed by atoms with van der Waals surface area (Å²) in [5.74, 6) is -1.12. The lowest BCUT2D eigenvalue weighted by Crippen LogP contribution is -2.13. The van der Waals surface area contributed by atoms with Crippen LogP contribution in [0.4, 0.5) is 10.1 Å². The predicted molar refractivity (Wildman–Crippen MR) is 83.2 cm³/mol. The van der Waals surface area contributed by atoms with Crippen LogP contribution in [0.3, 0.4) is 0 Å². The highest BCUT2D eigenvalue weighted by Crippen LogP contribution is 2.21. The molecule has 0 spiro atoms. The Morgan fingerprint density at radius 1 is 1.30 bits per heavy atom. The van der Waals surface area contributed by atoms with Gasteiger partial charge in [0.2, 0.25) is 0 Å². The highest BCUT2D eigenvalue weighted by molar-refractivity contribution is 14.1. The largest absolute Gasteiger partial charge is 0.319 e. The molecule has 0 atom stereocenters. The Morgan fingerprint density at radius 2 is 2.05 bits per heavy atom. The van der Waals surface area contributed by atoms with E-state index in [1.54, 1.807) is 12.1 Å². The van der Waals surface area contributed by atoms with Gasteiger partial charge in [-0.1, -0.05) is 11.6 Å². The zero-order valence-electron chi connectivity index (χ0n) is 9.95. The fourth-order valence-electron chi connectivity index (χ4n) is 1.52. The molecule has 3 nitrogen and oxygen atoms in total. The summed E-state index contributed by atoms with van der Waals surface area (Å²) in [5, 5.41) is 11.5. The van der Waals surface area contributed by atoms with E-state index < -0.39 is 11.7 Å². The molecule has 0 bridgehead atoms. The first-order chi connectivity index (χ1) is 9.51. The van der Waals surface area contributed by atoms with Gasteiger partial charge in [0.15, 0.2) is 0 Å². The maximum atomic E-state index is 13.7. The first-order valence-corrected chi connectivity index (χ1v) is 6.93. The molecule has 0 aromatic heterocycles. The van der Waals surface area contributed by atoms with Gasteiger partial charge >= 0.3 is 0 Å². The fraction of sp³-hybridized carbons (Fsp3) is 0. The monoisotopic (exact) mass is 400 g/mol. The zero-order chi connectivity index (χ0) is 14.7. The van der Waals surface area contributed by atoms with Crippen molar-refractivity contribution >= 4 is 45.8 Å². The van der Waals surface area contributed by atoms with Gasteiger partial charge in [0, 0.05) is 9.13 Å². The summed E-state index contributed by atoms with van der Waals surface area (Å²) < 4.78 is 14.5. The van der Waals surface area contributed by atoms with E-state index in [0.717, 1.165) is 9.64 Å². The topological polar surface area (TPSA) is 52.9 Å². The SMILES string of the molecule is N#Cc1ccc(NC(=O)c2ccc(I)c(Cl)c2)c(F)c1. The van der Waals surface area contributed by atoms with Gasteiger partial charge in [-0.15, -0.1) is 0 Å². The molecule has 2 aromatic rings. The lowest BCUT2D eigenvalue weighted by atomic mass is 10.2. The number of hydrogen-bond acceptors (Lipinski definition) is 2. The number of rotatable bonds is 2. The number of nitriles is 1. The van der Waals surface area contributed by atoms with Crippen LogP contribution < -0.4 is 5.32 Å². The molecule has 0 radical (unpaired) electrons. The van der Waals surface area contributed by atoms with E-state index in [4.69, 9.17) is 16.9 Å². The maximum Gasteiger partial charge on any atom is 0.255 e. The summed E-state index contributed by atoms with van der Waals surface area (Å²) in [7, 11) is 0. The van der Waals surface area contributed by atoms with Gasteiger partial charge in [-0.3, -0.25) is 4.79 Å². The lowest BCUT2D eigenvalue weighted by Gasteiger charge is -2.07. The molecule has 2 rings (SSSR count). The number of nitrogens with one attached hydrogen (secondary N) is 1. The van der Waals surface area contributed by atoms with Crippen molar-refractivity contribution in [3.05, 3.63) is 61.9 Å². The summed E-state index contributed by atoms with van der Waals surface area (Å²) in [6.45, 7) is 0. The molecule has 1 N–H and O–H groups in total. The second-order valence-electron chi connectivity index (χ2n) is 3.89. The average Bonchev–Trinajstić information content (AvgIpc) is 2.43. The van der Waals surface area contributed by atoms with Gasteiger partial charge in [-0.25, -0.2) is 4.39 Å². The summed E-state index contributed by atoms with van der Waals surface area (Å²) in [4.78, 5) is 12.0. The van der Waals surface area contributed by atoms with Crippen LogP contribution in [0, 0.1) is 20.7 Å². The third-order valence-electron chi connectivity index (χ3n) is 2.53. The number of nitrogens with zero attached hydrogens (tertiary/aromatic N) is 1. The van der Waals surface area contributed by atoms with E-state index in [9.17, 15) is 9.18 Å². The van der Waals surface area contributed by atoms with Crippen LogP contribution in [-0.2, 0) is 0 Å². The smallest absolute Gasteiger partial charge is 0.255 e. The predicted octanol–water partition coefficient (Wildman–Crippen LogP) is 4.21. The second kappa shape index (κ2) is 6.20. The Labute approximate surface area is 133 Å². The number of halogens is 3. The lowest BCUT2D eigenvalue weighted by molar-refractivity contribution is 0.102. The number of hydrogen-bond donors (Lipinski definition) is 1. The van der Waals surface area contributed by atoms with Crippen molar-refractivity contribution in [3.8, 4) is 6.07 Å². The van der Waals surface area contributed by atoms with E-state index in [1.165, 1.54) is 18.2 Å². The molecule has 0 aliphatic rings. The Morgan fingerprint density at radius 3 is 2.65 bits per heavy atom. The van der Waals surface area contributed by atoms with Gasteiger partial charge in [0.1, 0.15) is 5.82 Å². The van der Waals surface area contributed by atoms with Crippen LogP contribution in [0.15, 0.2) is 36.4 Å². The van der Waals surface area contributed by atoms with Crippen LogP contribution in [0.1, 0.15) is 15.9 Å². The minimum atomic E-state index is -0.658. The molecule has 100 valence electrons. The Hall–Kier alpha value is -1.65. The van der Waals surface area contributed by atoms with E-state index in [-0.39, 0.29) is 11.3 Å². The minimum Gasteiger partial charge on any atom is -0.319 e. The molecule has 0 aliphatic carbocycles. The highest BCUT2D eigenvalue weighted by atomic mass is 127. The number of carbonyl (C=O) groups excluding carboxylic acids is 1. The molecular formula is C14H7ClFIN2O. The van der Waals surface area contributed by atoms with E-state index in [0.29, 0.717) is 10.6 Å². The van der Waals surface area contributed by atoms with Crippen molar-refractivity contribution < 1.29 is 9.18 Å². The second-order valence-corrected chi connectivity index (χ2v) is 5.46. The number of carbonyl (C=O) groups is 1. The molecule has 0 fully saturated rings. The zero-order valence-corrected chi connectivity index (χ0v) is 12.9. The van der Waals surface area contributed by atoms with Crippen molar-refractivity contribution in [1.82, 2.24) is 0 Å². The van der Waals surface area contributed by atoms with Crippen molar-refractivity contribution in [2.45, 2.75) is 0 Å². The van der Waals surface area contributed by atoms with Crippen molar-refractivity contribution in [2.24, 2.45) is 0 Å². The molecule has 0 aliphatic heterocycles. The van der Waals surface area contributed by atoms with Crippen molar-refractivity contribution in [3.63, 3.8) is 0 Å².